The second kappa shape index (κ2) is 8.51. The summed E-state index contributed by atoms with van der Waals surface area (Å²) in [4.78, 5) is 32.0. The highest BCUT2D eigenvalue weighted by atomic mass is 19.1. The molecule has 2 aromatic rings. The summed E-state index contributed by atoms with van der Waals surface area (Å²) in [5, 5.41) is 0. The Hall–Kier alpha value is -3.19. The van der Waals surface area contributed by atoms with Gasteiger partial charge in [0.05, 0.1) is 17.4 Å². The number of piperazine rings is 1. The molecular formula is C24H26FN3O3. The fourth-order valence-corrected chi connectivity index (χ4v) is 3.93. The van der Waals surface area contributed by atoms with Crippen LogP contribution in [0.2, 0.25) is 0 Å². The summed E-state index contributed by atoms with van der Waals surface area (Å²) < 4.78 is 20.2. The lowest BCUT2D eigenvalue weighted by atomic mass is 10.0. The van der Waals surface area contributed by atoms with E-state index in [0.29, 0.717) is 35.7 Å². The van der Waals surface area contributed by atoms with E-state index in [2.05, 4.69) is 4.90 Å². The lowest BCUT2D eigenvalue weighted by Gasteiger charge is -2.34. The Morgan fingerprint density at radius 3 is 2.16 bits per heavy atom. The predicted octanol–water partition coefficient (Wildman–Crippen LogP) is 3.14. The number of imide groups is 1. The number of hydrogen-bond donors (Lipinski definition) is 0. The van der Waals surface area contributed by atoms with Crippen LogP contribution in [0.25, 0.3) is 5.57 Å². The smallest absolute Gasteiger partial charge is 0.282 e. The van der Waals surface area contributed by atoms with Crippen molar-refractivity contribution in [1.82, 2.24) is 9.80 Å². The van der Waals surface area contributed by atoms with E-state index in [-0.39, 0.29) is 11.8 Å². The zero-order chi connectivity index (χ0) is 22.1. The van der Waals surface area contributed by atoms with Crippen LogP contribution in [0.5, 0.6) is 5.75 Å². The van der Waals surface area contributed by atoms with Gasteiger partial charge in [-0.3, -0.25) is 9.59 Å². The first kappa shape index (κ1) is 21.1. The van der Waals surface area contributed by atoms with Crippen LogP contribution >= 0.6 is 0 Å². The quantitative estimate of drug-likeness (QED) is 0.692. The lowest BCUT2D eigenvalue weighted by molar-refractivity contribution is -0.120. The Bertz CT molecular complexity index is 1020. The molecule has 0 atom stereocenters. The number of carbonyl (C=O) groups excluding carboxylic acids is 2. The zero-order valence-corrected chi connectivity index (χ0v) is 18.0. The number of likely N-dealkylation sites (N-methyl/N-ethyl adjacent to an activating group) is 1. The fraction of sp³-hybridized carbons (Fsp3) is 0.333. The topological polar surface area (TPSA) is 53.1 Å². The molecule has 0 radical (unpaired) electrons. The van der Waals surface area contributed by atoms with Crippen LogP contribution in [0.4, 0.5) is 10.1 Å². The summed E-state index contributed by atoms with van der Waals surface area (Å²) in [6.45, 7) is 6.67. The van der Waals surface area contributed by atoms with Crippen molar-refractivity contribution in [3.05, 3.63) is 65.6 Å². The van der Waals surface area contributed by atoms with Gasteiger partial charge in [0.25, 0.3) is 11.8 Å². The minimum atomic E-state index is -0.608. The van der Waals surface area contributed by atoms with Gasteiger partial charge in [-0.2, -0.15) is 0 Å². The predicted molar refractivity (Wildman–Crippen MR) is 117 cm³/mol. The molecule has 0 unspecified atom stereocenters. The van der Waals surface area contributed by atoms with Gasteiger partial charge in [0.2, 0.25) is 0 Å². The number of halogens is 1. The van der Waals surface area contributed by atoms with Crippen molar-refractivity contribution in [1.29, 1.82) is 0 Å². The standard InChI is InChI=1S/C24H26FN3O3/c1-16(2)31-18-10-8-17(9-11-18)21-22(27-14-12-26(3)13-15-27)24(30)28(23(21)29)20-7-5-4-6-19(20)25/h4-11,16H,12-15H2,1-3H3. The second-order valence-corrected chi connectivity index (χ2v) is 8.10. The van der Waals surface area contributed by atoms with Crippen LogP contribution in [0.1, 0.15) is 19.4 Å². The first-order valence-corrected chi connectivity index (χ1v) is 10.4. The largest absolute Gasteiger partial charge is 0.491 e. The van der Waals surface area contributed by atoms with Gasteiger partial charge in [-0.05, 0) is 50.7 Å². The molecule has 2 aromatic carbocycles. The highest BCUT2D eigenvalue weighted by Gasteiger charge is 2.43. The number of nitrogens with zero attached hydrogens (tertiary/aromatic N) is 3. The number of ether oxygens (including phenoxy) is 1. The van der Waals surface area contributed by atoms with Gasteiger partial charge in [-0.1, -0.05) is 24.3 Å². The van der Waals surface area contributed by atoms with E-state index in [1.807, 2.05) is 25.8 Å². The van der Waals surface area contributed by atoms with Gasteiger partial charge in [-0.15, -0.1) is 0 Å². The molecule has 0 saturated carbocycles. The van der Waals surface area contributed by atoms with Gasteiger partial charge >= 0.3 is 0 Å². The van der Waals surface area contributed by atoms with Crippen molar-refractivity contribution >= 4 is 23.1 Å². The minimum Gasteiger partial charge on any atom is -0.491 e. The third-order valence-corrected chi connectivity index (χ3v) is 5.49. The Morgan fingerprint density at radius 2 is 1.55 bits per heavy atom. The molecule has 7 heteroatoms. The molecule has 31 heavy (non-hydrogen) atoms. The lowest BCUT2D eigenvalue weighted by Crippen LogP contribution is -2.46. The molecule has 2 amide bonds. The van der Waals surface area contributed by atoms with Crippen molar-refractivity contribution in [3.8, 4) is 5.75 Å². The van der Waals surface area contributed by atoms with E-state index in [0.717, 1.165) is 18.0 Å². The molecule has 2 heterocycles. The minimum absolute atomic E-state index is 0.0252. The average molecular weight is 423 g/mol. The molecular weight excluding hydrogens is 397 g/mol. The van der Waals surface area contributed by atoms with Gasteiger partial charge in [-0.25, -0.2) is 9.29 Å². The van der Waals surface area contributed by atoms with Crippen LogP contribution in [-0.2, 0) is 9.59 Å². The molecule has 0 aliphatic carbocycles. The molecule has 2 aliphatic heterocycles. The number of amides is 2. The maximum atomic E-state index is 14.5. The van der Waals surface area contributed by atoms with Crippen molar-refractivity contribution in [2.75, 3.05) is 38.1 Å². The number of hydrogen-bond acceptors (Lipinski definition) is 5. The van der Waals surface area contributed by atoms with E-state index in [9.17, 15) is 14.0 Å². The number of anilines is 1. The first-order valence-electron chi connectivity index (χ1n) is 10.4. The van der Waals surface area contributed by atoms with Crippen LogP contribution < -0.4 is 9.64 Å². The average Bonchev–Trinajstić information content (AvgIpc) is 2.99. The SMILES string of the molecule is CC(C)Oc1ccc(C2=C(N3CCN(C)CC3)C(=O)N(c3ccccc3F)C2=O)cc1. The van der Waals surface area contributed by atoms with Gasteiger partial charge in [0.1, 0.15) is 17.3 Å². The van der Waals surface area contributed by atoms with E-state index >= 15 is 0 Å². The summed E-state index contributed by atoms with van der Waals surface area (Å²) in [5.41, 5.74) is 1.22. The summed E-state index contributed by atoms with van der Waals surface area (Å²) in [6.07, 6.45) is 0.0252. The molecule has 0 spiro atoms. The van der Waals surface area contributed by atoms with Crippen molar-refractivity contribution in [2.45, 2.75) is 20.0 Å². The van der Waals surface area contributed by atoms with Gasteiger partial charge in [0.15, 0.2) is 0 Å². The van der Waals surface area contributed by atoms with Gasteiger partial charge in [0, 0.05) is 26.2 Å². The van der Waals surface area contributed by atoms with Crippen LogP contribution in [0.3, 0.4) is 0 Å². The number of rotatable bonds is 5. The maximum Gasteiger partial charge on any atom is 0.282 e. The maximum absolute atomic E-state index is 14.5. The van der Waals surface area contributed by atoms with Crippen molar-refractivity contribution in [2.24, 2.45) is 0 Å². The van der Waals surface area contributed by atoms with Crippen LogP contribution in [0, 0.1) is 5.82 Å². The second-order valence-electron chi connectivity index (χ2n) is 8.10. The normalized spacial score (nSPS) is 17.8. The van der Waals surface area contributed by atoms with Gasteiger partial charge < -0.3 is 14.5 Å². The number of carbonyl (C=O) groups is 2. The highest BCUT2D eigenvalue weighted by Crippen LogP contribution is 2.36. The summed E-state index contributed by atoms with van der Waals surface area (Å²) in [7, 11) is 2.02. The Kier molecular flexibility index (Phi) is 5.78. The molecule has 162 valence electrons. The van der Waals surface area contributed by atoms with E-state index in [1.165, 1.54) is 18.2 Å². The van der Waals surface area contributed by atoms with Crippen molar-refractivity contribution < 1.29 is 18.7 Å². The molecule has 1 saturated heterocycles. The third-order valence-electron chi connectivity index (χ3n) is 5.49. The van der Waals surface area contributed by atoms with Crippen LogP contribution in [-0.4, -0.2) is 60.9 Å². The molecule has 0 N–H and O–H groups in total. The fourth-order valence-electron chi connectivity index (χ4n) is 3.93. The molecule has 0 bridgehead atoms. The highest BCUT2D eigenvalue weighted by molar-refractivity contribution is 6.45. The van der Waals surface area contributed by atoms with E-state index in [1.54, 1.807) is 30.3 Å². The summed E-state index contributed by atoms with van der Waals surface area (Å²) in [5.74, 6) is -0.925. The summed E-state index contributed by atoms with van der Waals surface area (Å²) >= 11 is 0. The van der Waals surface area contributed by atoms with Crippen molar-refractivity contribution in [3.63, 3.8) is 0 Å². The van der Waals surface area contributed by atoms with E-state index in [4.69, 9.17) is 4.74 Å². The Morgan fingerprint density at radius 1 is 0.903 bits per heavy atom. The Labute approximate surface area is 181 Å². The zero-order valence-electron chi connectivity index (χ0n) is 18.0. The molecule has 1 fully saturated rings. The van der Waals surface area contributed by atoms with Crippen LogP contribution in [0.15, 0.2) is 54.2 Å². The molecule has 6 nitrogen and oxygen atoms in total. The van der Waals surface area contributed by atoms with E-state index < -0.39 is 17.6 Å². The summed E-state index contributed by atoms with van der Waals surface area (Å²) in [6, 6.07) is 13.0. The number of benzene rings is 2. The Balaban J connectivity index is 1.77. The molecule has 0 aromatic heterocycles. The first-order chi connectivity index (χ1) is 14.9. The monoisotopic (exact) mass is 423 g/mol. The molecule has 2 aliphatic rings. The number of para-hydroxylation sites is 1. The molecule has 4 rings (SSSR count). The third kappa shape index (κ3) is 4.05.